The molecule has 0 radical (unpaired) electrons. The van der Waals surface area contributed by atoms with Gasteiger partial charge in [0.2, 0.25) is 0 Å². The molecule has 2 aromatic heterocycles. The number of aromatic nitrogens is 2. The number of aryl methyl sites for hydroxylation is 1. The van der Waals surface area contributed by atoms with Gasteiger partial charge < -0.3 is 26.1 Å². The molecule has 1 aliphatic rings. The molecule has 1 amide bonds. The van der Waals surface area contributed by atoms with E-state index in [1.165, 1.54) is 0 Å². The SMILES string of the molecule is Cc1cnc(NC2CCOCC2)cc1-c1c[nH]c(C(=O)N[C@H](CN)c2cccc(Cl)c2)c1. The number of carbonyl (C=O) groups is 1. The molecule has 1 aliphatic heterocycles. The zero-order valence-electron chi connectivity index (χ0n) is 18.0. The van der Waals surface area contributed by atoms with Crippen molar-refractivity contribution in [3.05, 3.63) is 70.6 Å². The van der Waals surface area contributed by atoms with Gasteiger partial charge in [-0.2, -0.15) is 0 Å². The van der Waals surface area contributed by atoms with Crippen LogP contribution >= 0.6 is 11.6 Å². The summed E-state index contributed by atoms with van der Waals surface area (Å²) in [5.74, 6) is 0.604. The molecule has 8 heteroatoms. The van der Waals surface area contributed by atoms with Crippen molar-refractivity contribution in [3.8, 4) is 11.1 Å². The number of nitrogens with zero attached hydrogens (tertiary/aromatic N) is 1. The molecule has 7 nitrogen and oxygen atoms in total. The average Bonchev–Trinajstić information content (AvgIpc) is 3.29. The monoisotopic (exact) mass is 453 g/mol. The Labute approximate surface area is 192 Å². The van der Waals surface area contributed by atoms with Crippen LogP contribution in [0.3, 0.4) is 0 Å². The molecule has 1 atom stereocenters. The summed E-state index contributed by atoms with van der Waals surface area (Å²) in [7, 11) is 0. The number of aromatic amines is 1. The van der Waals surface area contributed by atoms with E-state index in [-0.39, 0.29) is 18.5 Å². The summed E-state index contributed by atoms with van der Waals surface area (Å²) in [4.78, 5) is 20.5. The Morgan fingerprint density at radius 2 is 2.12 bits per heavy atom. The number of nitrogens with two attached hydrogens (primary N) is 1. The summed E-state index contributed by atoms with van der Waals surface area (Å²) >= 11 is 6.08. The van der Waals surface area contributed by atoms with Gasteiger partial charge in [-0.1, -0.05) is 23.7 Å². The molecule has 5 N–H and O–H groups in total. The van der Waals surface area contributed by atoms with Gasteiger partial charge in [-0.25, -0.2) is 4.98 Å². The zero-order valence-corrected chi connectivity index (χ0v) is 18.8. The van der Waals surface area contributed by atoms with Gasteiger partial charge in [0.25, 0.3) is 5.91 Å². The first kappa shape index (κ1) is 22.3. The Balaban J connectivity index is 1.49. The van der Waals surface area contributed by atoms with Crippen molar-refractivity contribution in [3.63, 3.8) is 0 Å². The third-order valence-corrected chi connectivity index (χ3v) is 5.94. The summed E-state index contributed by atoms with van der Waals surface area (Å²) in [6, 6.07) is 11.3. The number of hydrogen-bond donors (Lipinski definition) is 4. The van der Waals surface area contributed by atoms with Gasteiger partial charge in [-0.05, 0) is 60.7 Å². The third-order valence-electron chi connectivity index (χ3n) is 5.71. The molecule has 1 saturated heterocycles. The molecule has 1 fully saturated rings. The van der Waals surface area contributed by atoms with Crippen LogP contribution < -0.4 is 16.4 Å². The van der Waals surface area contributed by atoms with Crippen molar-refractivity contribution >= 4 is 23.3 Å². The van der Waals surface area contributed by atoms with E-state index < -0.39 is 0 Å². The minimum atomic E-state index is -0.328. The topological polar surface area (TPSA) is 105 Å². The zero-order chi connectivity index (χ0) is 22.5. The fourth-order valence-electron chi connectivity index (χ4n) is 3.88. The maximum atomic E-state index is 12.9. The van der Waals surface area contributed by atoms with Crippen LogP contribution in [0.25, 0.3) is 11.1 Å². The number of ether oxygens (including phenoxy) is 1. The minimum Gasteiger partial charge on any atom is -0.381 e. The smallest absolute Gasteiger partial charge is 0.268 e. The van der Waals surface area contributed by atoms with E-state index >= 15 is 0 Å². The highest BCUT2D eigenvalue weighted by Gasteiger charge is 2.18. The Kier molecular flexibility index (Phi) is 7.09. The molecular weight excluding hydrogens is 426 g/mol. The number of H-pyrrole nitrogens is 1. The predicted molar refractivity (Wildman–Crippen MR) is 127 cm³/mol. The van der Waals surface area contributed by atoms with Gasteiger partial charge in [0.1, 0.15) is 11.5 Å². The first-order valence-electron chi connectivity index (χ1n) is 10.8. The molecule has 0 bridgehead atoms. The lowest BCUT2D eigenvalue weighted by Gasteiger charge is -2.24. The summed E-state index contributed by atoms with van der Waals surface area (Å²) < 4.78 is 5.43. The number of carbonyl (C=O) groups excluding carboxylic acids is 1. The Morgan fingerprint density at radius 3 is 2.88 bits per heavy atom. The maximum absolute atomic E-state index is 12.9. The number of hydrogen-bond acceptors (Lipinski definition) is 5. The molecule has 32 heavy (non-hydrogen) atoms. The highest BCUT2D eigenvalue weighted by molar-refractivity contribution is 6.30. The first-order chi connectivity index (χ1) is 15.5. The molecule has 4 rings (SSSR count). The van der Waals surface area contributed by atoms with Gasteiger partial charge in [0, 0.05) is 48.8 Å². The summed E-state index contributed by atoms with van der Waals surface area (Å²) in [5.41, 5.74) is 10.2. The summed E-state index contributed by atoms with van der Waals surface area (Å²) in [6.45, 7) is 3.82. The lowest BCUT2D eigenvalue weighted by atomic mass is 10.0. The van der Waals surface area contributed by atoms with Crippen LogP contribution in [0, 0.1) is 6.92 Å². The van der Waals surface area contributed by atoms with Crippen LogP contribution in [0.4, 0.5) is 5.82 Å². The second kappa shape index (κ2) is 10.2. The Bertz CT molecular complexity index is 1080. The molecule has 0 saturated carbocycles. The number of anilines is 1. The first-order valence-corrected chi connectivity index (χ1v) is 11.2. The van der Waals surface area contributed by atoms with Crippen LogP contribution in [0.1, 0.15) is 40.5 Å². The van der Waals surface area contributed by atoms with Crippen LogP contribution in [0.15, 0.2) is 48.8 Å². The number of pyridine rings is 1. The van der Waals surface area contributed by atoms with Gasteiger partial charge in [-0.3, -0.25) is 4.79 Å². The highest BCUT2D eigenvalue weighted by atomic mass is 35.5. The number of benzene rings is 1. The van der Waals surface area contributed by atoms with Crippen LogP contribution in [-0.2, 0) is 4.74 Å². The average molecular weight is 454 g/mol. The second-order valence-electron chi connectivity index (χ2n) is 8.03. The van der Waals surface area contributed by atoms with Gasteiger partial charge in [-0.15, -0.1) is 0 Å². The Hall–Kier alpha value is -2.87. The lowest BCUT2D eigenvalue weighted by Crippen LogP contribution is -2.33. The van der Waals surface area contributed by atoms with Crippen molar-refractivity contribution in [2.75, 3.05) is 25.1 Å². The molecule has 1 aromatic carbocycles. The highest BCUT2D eigenvalue weighted by Crippen LogP contribution is 2.27. The van der Waals surface area contributed by atoms with Crippen LogP contribution in [-0.4, -0.2) is 41.7 Å². The fraction of sp³-hybridized carbons (Fsp3) is 0.333. The van der Waals surface area contributed by atoms with E-state index in [2.05, 4.69) is 20.6 Å². The van der Waals surface area contributed by atoms with E-state index in [1.54, 1.807) is 6.07 Å². The lowest BCUT2D eigenvalue weighted by molar-refractivity contribution is 0.0903. The van der Waals surface area contributed by atoms with Crippen molar-refractivity contribution < 1.29 is 9.53 Å². The van der Waals surface area contributed by atoms with Gasteiger partial charge in [0.15, 0.2) is 0 Å². The number of amides is 1. The molecule has 3 aromatic rings. The van der Waals surface area contributed by atoms with E-state index in [9.17, 15) is 4.79 Å². The summed E-state index contributed by atoms with van der Waals surface area (Å²) in [5, 5.41) is 7.09. The largest absolute Gasteiger partial charge is 0.381 e. The molecule has 0 unspecified atom stereocenters. The van der Waals surface area contributed by atoms with Crippen molar-refractivity contribution in [2.45, 2.75) is 31.8 Å². The fourth-order valence-corrected chi connectivity index (χ4v) is 4.08. The van der Waals surface area contributed by atoms with E-state index in [1.807, 2.05) is 49.6 Å². The van der Waals surface area contributed by atoms with Crippen molar-refractivity contribution in [1.29, 1.82) is 0 Å². The van der Waals surface area contributed by atoms with Gasteiger partial charge in [0.05, 0.1) is 6.04 Å². The normalized spacial score (nSPS) is 15.3. The Morgan fingerprint density at radius 1 is 1.31 bits per heavy atom. The van der Waals surface area contributed by atoms with Crippen LogP contribution in [0.2, 0.25) is 5.02 Å². The molecule has 0 aliphatic carbocycles. The minimum absolute atomic E-state index is 0.223. The molecule has 168 valence electrons. The van der Waals surface area contributed by atoms with E-state index in [0.717, 1.165) is 54.1 Å². The van der Waals surface area contributed by atoms with E-state index in [0.29, 0.717) is 16.8 Å². The number of nitrogens with one attached hydrogen (secondary N) is 3. The quantitative estimate of drug-likeness (QED) is 0.431. The van der Waals surface area contributed by atoms with Crippen molar-refractivity contribution in [2.24, 2.45) is 5.73 Å². The number of halogens is 1. The standard InChI is InChI=1S/C24H28ClN5O2/c1-15-13-28-23(29-19-5-7-32-8-6-19)11-20(15)17-10-21(27-14-17)24(31)30-22(12-26)16-3-2-4-18(25)9-16/h2-4,9-11,13-14,19,22,27H,5-8,12,26H2,1H3,(H,28,29)(H,30,31)/t22-/m1/s1. The number of rotatable bonds is 7. The van der Waals surface area contributed by atoms with Crippen molar-refractivity contribution in [1.82, 2.24) is 15.3 Å². The second-order valence-corrected chi connectivity index (χ2v) is 8.47. The van der Waals surface area contributed by atoms with E-state index in [4.69, 9.17) is 22.1 Å². The molecule has 0 spiro atoms. The molecular formula is C24H28ClN5O2. The molecule has 3 heterocycles. The van der Waals surface area contributed by atoms with Gasteiger partial charge >= 0.3 is 0 Å². The summed E-state index contributed by atoms with van der Waals surface area (Å²) in [6.07, 6.45) is 5.63. The maximum Gasteiger partial charge on any atom is 0.268 e. The third kappa shape index (κ3) is 5.30. The predicted octanol–water partition coefficient (Wildman–Crippen LogP) is 4.06. The van der Waals surface area contributed by atoms with Crippen LogP contribution in [0.5, 0.6) is 0 Å².